The van der Waals surface area contributed by atoms with E-state index in [1.807, 2.05) is 0 Å². The minimum Gasteiger partial charge on any atom is -0.490 e. The number of halogens is 1. The van der Waals surface area contributed by atoms with Gasteiger partial charge in [-0.05, 0) is 42.8 Å². The molecule has 0 atom stereocenters. The topological polar surface area (TPSA) is 111 Å². The number of carbonyl (C=O) groups is 2. The first-order chi connectivity index (χ1) is 16.9. The SMILES string of the molecule is CCOc1cc(C=C2C(=O)NN(c3ccccc3)C2=O)cc([N+](=O)[O-])c1OCc1ccccc1Cl. The lowest BCUT2D eigenvalue weighted by molar-refractivity contribution is -0.386. The van der Waals surface area contributed by atoms with E-state index in [0.717, 1.165) is 5.01 Å². The largest absolute Gasteiger partial charge is 0.490 e. The highest BCUT2D eigenvalue weighted by molar-refractivity contribution is 6.32. The Morgan fingerprint density at radius 1 is 1.06 bits per heavy atom. The van der Waals surface area contributed by atoms with Gasteiger partial charge in [0.25, 0.3) is 11.8 Å². The molecule has 0 bridgehead atoms. The molecule has 1 fully saturated rings. The van der Waals surface area contributed by atoms with Crippen molar-refractivity contribution in [3.63, 3.8) is 0 Å². The summed E-state index contributed by atoms with van der Waals surface area (Å²) in [6, 6.07) is 18.3. The van der Waals surface area contributed by atoms with Crippen LogP contribution in [0, 0.1) is 10.1 Å². The van der Waals surface area contributed by atoms with Crippen LogP contribution in [0.4, 0.5) is 11.4 Å². The van der Waals surface area contributed by atoms with E-state index in [9.17, 15) is 19.7 Å². The highest BCUT2D eigenvalue weighted by atomic mass is 35.5. The number of hydrogen-bond acceptors (Lipinski definition) is 6. The Hall–Kier alpha value is -4.37. The molecule has 0 aliphatic carbocycles. The minimum absolute atomic E-state index is 0.0199. The van der Waals surface area contributed by atoms with Gasteiger partial charge in [0.15, 0.2) is 5.75 Å². The first-order valence-electron chi connectivity index (χ1n) is 10.6. The molecule has 10 heteroatoms. The van der Waals surface area contributed by atoms with Crippen molar-refractivity contribution in [3.8, 4) is 11.5 Å². The van der Waals surface area contributed by atoms with Gasteiger partial charge >= 0.3 is 5.69 Å². The maximum absolute atomic E-state index is 12.9. The van der Waals surface area contributed by atoms with E-state index in [1.54, 1.807) is 61.5 Å². The Labute approximate surface area is 205 Å². The van der Waals surface area contributed by atoms with E-state index < -0.39 is 16.7 Å². The van der Waals surface area contributed by atoms with Gasteiger partial charge in [-0.2, -0.15) is 0 Å². The van der Waals surface area contributed by atoms with E-state index in [2.05, 4.69) is 5.43 Å². The number of amides is 2. The van der Waals surface area contributed by atoms with Crippen molar-refractivity contribution in [2.45, 2.75) is 13.5 Å². The second-order valence-corrected chi connectivity index (χ2v) is 7.82. The van der Waals surface area contributed by atoms with Crippen molar-refractivity contribution >= 4 is 40.9 Å². The number of ether oxygens (including phenoxy) is 2. The molecule has 3 aromatic rings. The van der Waals surface area contributed by atoms with Gasteiger partial charge in [0.1, 0.15) is 12.2 Å². The monoisotopic (exact) mass is 493 g/mol. The van der Waals surface area contributed by atoms with Crippen LogP contribution in [0.3, 0.4) is 0 Å². The van der Waals surface area contributed by atoms with Gasteiger partial charge in [-0.15, -0.1) is 0 Å². The summed E-state index contributed by atoms with van der Waals surface area (Å²) in [5.74, 6) is -1.18. The zero-order valence-electron chi connectivity index (χ0n) is 18.6. The lowest BCUT2D eigenvalue weighted by Gasteiger charge is -2.14. The molecule has 178 valence electrons. The van der Waals surface area contributed by atoms with E-state index in [0.29, 0.717) is 16.3 Å². The molecule has 3 aromatic carbocycles. The number of rotatable bonds is 8. The molecular formula is C25H20ClN3O6. The zero-order chi connectivity index (χ0) is 24.9. The maximum atomic E-state index is 12.9. The summed E-state index contributed by atoms with van der Waals surface area (Å²) in [6.07, 6.45) is 1.29. The normalized spacial score (nSPS) is 14.2. The van der Waals surface area contributed by atoms with Crippen LogP contribution in [-0.2, 0) is 16.2 Å². The number of hydrogen-bond donors (Lipinski definition) is 1. The van der Waals surface area contributed by atoms with Gasteiger partial charge < -0.3 is 9.47 Å². The van der Waals surface area contributed by atoms with Crippen molar-refractivity contribution in [3.05, 3.63) is 98.6 Å². The fourth-order valence-electron chi connectivity index (χ4n) is 3.48. The Bertz CT molecular complexity index is 1330. The molecule has 1 aliphatic rings. The molecule has 0 unspecified atom stereocenters. The number of anilines is 1. The van der Waals surface area contributed by atoms with Gasteiger partial charge in [-0.3, -0.25) is 25.1 Å². The van der Waals surface area contributed by atoms with E-state index in [-0.39, 0.29) is 41.5 Å². The third kappa shape index (κ3) is 5.10. The highest BCUT2D eigenvalue weighted by Crippen LogP contribution is 2.40. The molecule has 0 spiro atoms. The second kappa shape index (κ2) is 10.3. The molecule has 1 saturated heterocycles. The number of nitro groups is 1. The van der Waals surface area contributed by atoms with Gasteiger partial charge in [-0.25, -0.2) is 5.01 Å². The Balaban J connectivity index is 1.70. The molecule has 1 N–H and O–H groups in total. The van der Waals surface area contributed by atoms with Crippen molar-refractivity contribution in [2.75, 3.05) is 11.6 Å². The minimum atomic E-state index is -0.626. The van der Waals surface area contributed by atoms with E-state index in [1.165, 1.54) is 18.2 Å². The first kappa shape index (κ1) is 23.8. The third-order valence-electron chi connectivity index (χ3n) is 5.10. The summed E-state index contributed by atoms with van der Waals surface area (Å²) in [6.45, 7) is 1.91. The van der Waals surface area contributed by atoms with Crippen LogP contribution in [0.2, 0.25) is 5.02 Å². The van der Waals surface area contributed by atoms with Crippen molar-refractivity contribution < 1.29 is 24.0 Å². The predicted molar refractivity (Wildman–Crippen MR) is 130 cm³/mol. The van der Waals surface area contributed by atoms with Gasteiger partial charge in [0, 0.05) is 16.7 Å². The van der Waals surface area contributed by atoms with E-state index in [4.69, 9.17) is 21.1 Å². The molecule has 4 rings (SSSR count). The number of benzene rings is 3. The maximum Gasteiger partial charge on any atom is 0.315 e. The molecule has 9 nitrogen and oxygen atoms in total. The van der Waals surface area contributed by atoms with Crippen LogP contribution >= 0.6 is 11.6 Å². The summed E-state index contributed by atoms with van der Waals surface area (Å²) in [7, 11) is 0. The van der Waals surface area contributed by atoms with Gasteiger partial charge in [0.05, 0.1) is 17.2 Å². The summed E-state index contributed by atoms with van der Waals surface area (Å²) < 4.78 is 11.4. The van der Waals surface area contributed by atoms with Crippen LogP contribution in [0.5, 0.6) is 11.5 Å². The van der Waals surface area contributed by atoms with Crippen molar-refractivity contribution in [1.29, 1.82) is 0 Å². The van der Waals surface area contributed by atoms with Crippen LogP contribution in [-0.4, -0.2) is 23.3 Å². The molecule has 0 saturated carbocycles. The lowest BCUT2D eigenvalue weighted by atomic mass is 10.1. The Morgan fingerprint density at radius 3 is 2.46 bits per heavy atom. The predicted octanol–water partition coefficient (Wildman–Crippen LogP) is 4.69. The molecule has 0 radical (unpaired) electrons. The number of nitrogens with zero attached hydrogens (tertiary/aromatic N) is 2. The third-order valence-corrected chi connectivity index (χ3v) is 5.47. The average molecular weight is 494 g/mol. The smallest absolute Gasteiger partial charge is 0.315 e. The molecule has 2 amide bonds. The Kier molecular flexibility index (Phi) is 6.98. The number of nitrogens with one attached hydrogen (secondary N) is 1. The Morgan fingerprint density at radius 2 is 1.77 bits per heavy atom. The number of nitro benzene ring substituents is 1. The number of para-hydroxylation sites is 1. The van der Waals surface area contributed by atoms with E-state index >= 15 is 0 Å². The number of hydrazine groups is 1. The highest BCUT2D eigenvalue weighted by Gasteiger charge is 2.34. The summed E-state index contributed by atoms with van der Waals surface area (Å²) in [4.78, 5) is 36.7. The zero-order valence-corrected chi connectivity index (χ0v) is 19.3. The van der Waals surface area contributed by atoms with Crippen molar-refractivity contribution in [2.24, 2.45) is 0 Å². The molecule has 35 heavy (non-hydrogen) atoms. The first-order valence-corrected chi connectivity index (χ1v) is 11.0. The quantitative estimate of drug-likeness (QED) is 0.211. The second-order valence-electron chi connectivity index (χ2n) is 7.41. The van der Waals surface area contributed by atoms with Gasteiger partial charge in [0.2, 0.25) is 5.75 Å². The number of carbonyl (C=O) groups excluding carboxylic acids is 2. The molecular weight excluding hydrogens is 474 g/mol. The average Bonchev–Trinajstić information content (AvgIpc) is 3.13. The van der Waals surface area contributed by atoms with Crippen LogP contribution in [0.25, 0.3) is 6.08 Å². The summed E-state index contributed by atoms with van der Waals surface area (Å²) >= 11 is 6.17. The van der Waals surface area contributed by atoms with Crippen LogP contribution < -0.4 is 19.9 Å². The lowest BCUT2D eigenvalue weighted by Crippen LogP contribution is -2.35. The van der Waals surface area contributed by atoms with Crippen LogP contribution in [0.15, 0.2) is 72.3 Å². The van der Waals surface area contributed by atoms with Gasteiger partial charge in [-0.1, -0.05) is 48.0 Å². The summed E-state index contributed by atoms with van der Waals surface area (Å²) in [5.41, 5.74) is 3.32. The fourth-order valence-corrected chi connectivity index (χ4v) is 3.67. The van der Waals surface area contributed by atoms with Crippen molar-refractivity contribution in [1.82, 2.24) is 5.43 Å². The standard InChI is InChI=1S/C25H20ClN3O6/c1-2-34-22-14-16(12-19-24(30)27-28(25(19)31)18-9-4-3-5-10-18)13-21(29(32)33)23(22)35-15-17-8-6-7-11-20(17)26/h3-14H,2,15H2,1H3,(H,27,30). The molecule has 1 aliphatic heterocycles. The van der Waals surface area contributed by atoms with Crippen LogP contribution in [0.1, 0.15) is 18.1 Å². The summed E-state index contributed by atoms with van der Waals surface area (Å²) in [5, 5.41) is 13.5. The molecule has 0 aromatic heterocycles. The fraction of sp³-hybridized carbons (Fsp3) is 0.120. The molecule has 1 heterocycles.